The largest absolute Gasteiger partial charge is 0.480 e. The van der Waals surface area contributed by atoms with Gasteiger partial charge < -0.3 is 9.84 Å². The molecule has 1 N–H and O–H groups in total. The summed E-state index contributed by atoms with van der Waals surface area (Å²) in [6.07, 6.45) is 0.898. The van der Waals surface area contributed by atoms with Crippen molar-refractivity contribution < 1.29 is 23.6 Å². The number of likely N-dealkylation sites (N-methyl/N-ethyl adjacent to an activating group) is 1. The number of carboxylic acid groups (broad SMARTS) is 1. The zero-order valence-corrected chi connectivity index (χ0v) is 12.8. The molecule has 0 aromatic heterocycles. The van der Waals surface area contributed by atoms with Crippen LogP contribution in [0.4, 0.5) is 4.79 Å². The van der Waals surface area contributed by atoms with Crippen LogP contribution in [-0.4, -0.2) is 51.4 Å². The van der Waals surface area contributed by atoms with Gasteiger partial charge in [-0.2, -0.15) is 0 Å². The van der Waals surface area contributed by atoms with E-state index >= 15 is 0 Å². The molecule has 2 atom stereocenters. The Labute approximate surface area is 126 Å². The van der Waals surface area contributed by atoms with E-state index in [9.17, 15) is 13.8 Å². The van der Waals surface area contributed by atoms with Crippen molar-refractivity contribution in [2.75, 3.05) is 19.1 Å². The summed E-state index contributed by atoms with van der Waals surface area (Å²) < 4.78 is 16.1. The summed E-state index contributed by atoms with van der Waals surface area (Å²) in [7, 11) is 0.258. The molecule has 1 aromatic carbocycles. The Hall–Kier alpha value is -1.89. The fourth-order valence-electron chi connectivity index (χ4n) is 1.71. The average Bonchev–Trinajstić information content (AvgIpc) is 2.45. The third-order valence-corrected chi connectivity index (χ3v) is 3.74. The van der Waals surface area contributed by atoms with Gasteiger partial charge in [0, 0.05) is 29.9 Å². The zero-order valence-electron chi connectivity index (χ0n) is 12.0. The predicted molar refractivity (Wildman–Crippen MR) is 79.4 cm³/mol. The lowest BCUT2D eigenvalue weighted by Gasteiger charge is -2.23. The standard InChI is InChI=1S/C14H19NO5S/c1-15(12(13(16)17)8-9-21(2)19)14(18)20-10-11-6-4-3-5-7-11/h3-7,12H,8-10H2,1-2H3,(H,16,17)/t12-,21+/m0/s1. The first kappa shape index (κ1) is 17.2. The highest BCUT2D eigenvalue weighted by Crippen LogP contribution is 2.08. The second-order valence-electron chi connectivity index (χ2n) is 4.57. The molecule has 1 amide bonds. The van der Waals surface area contributed by atoms with Crippen LogP contribution in [0.3, 0.4) is 0 Å². The van der Waals surface area contributed by atoms with Crippen LogP contribution in [0.1, 0.15) is 12.0 Å². The fourth-order valence-corrected chi connectivity index (χ4v) is 2.26. The monoisotopic (exact) mass is 313 g/mol. The maximum Gasteiger partial charge on any atom is 0.410 e. The topological polar surface area (TPSA) is 83.9 Å². The summed E-state index contributed by atoms with van der Waals surface area (Å²) in [4.78, 5) is 24.1. The number of carboxylic acids is 1. The lowest BCUT2D eigenvalue weighted by atomic mass is 10.2. The number of nitrogens with zero attached hydrogens (tertiary/aromatic N) is 1. The van der Waals surface area contributed by atoms with Crippen molar-refractivity contribution in [2.45, 2.75) is 19.1 Å². The van der Waals surface area contributed by atoms with Crippen molar-refractivity contribution in [3.05, 3.63) is 35.9 Å². The minimum Gasteiger partial charge on any atom is -0.480 e. The van der Waals surface area contributed by atoms with E-state index in [1.165, 1.54) is 13.3 Å². The zero-order chi connectivity index (χ0) is 15.8. The van der Waals surface area contributed by atoms with Crippen LogP contribution in [0.5, 0.6) is 0 Å². The van der Waals surface area contributed by atoms with Gasteiger partial charge in [-0.15, -0.1) is 0 Å². The Kier molecular flexibility index (Phi) is 6.87. The number of hydrogen-bond donors (Lipinski definition) is 1. The molecule has 21 heavy (non-hydrogen) atoms. The summed E-state index contributed by atoms with van der Waals surface area (Å²) in [6, 6.07) is 8.07. The van der Waals surface area contributed by atoms with Crippen LogP contribution in [0.25, 0.3) is 0 Å². The summed E-state index contributed by atoms with van der Waals surface area (Å²) in [5.74, 6) is -0.924. The van der Waals surface area contributed by atoms with E-state index in [1.807, 2.05) is 30.3 Å². The molecule has 1 rings (SSSR count). The molecule has 1 aromatic rings. The quantitative estimate of drug-likeness (QED) is 0.824. The SMILES string of the molecule is CN(C(=O)OCc1ccccc1)[C@@H](CC[S@@](C)=O)C(=O)O. The first-order valence-corrected chi connectivity index (χ1v) is 8.11. The van der Waals surface area contributed by atoms with Gasteiger partial charge in [-0.05, 0) is 12.0 Å². The van der Waals surface area contributed by atoms with Gasteiger partial charge in [0.25, 0.3) is 0 Å². The maximum atomic E-state index is 11.9. The lowest BCUT2D eigenvalue weighted by Crippen LogP contribution is -2.43. The van der Waals surface area contributed by atoms with Crippen LogP contribution in [0.2, 0.25) is 0 Å². The minimum absolute atomic E-state index is 0.0794. The minimum atomic E-state index is -1.14. The van der Waals surface area contributed by atoms with Gasteiger partial charge in [-0.25, -0.2) is 9.59 Å². The Morgan fingerprint density at radius 1 is 1.33 bits per heavy atom. The van der Waals surface area contributed by atoms with Crippen molar-refractivity contribution in [3.63, 3.8) is 0 Å². The van der Waals surface area contributed by atoms with E-state index < -0.39 is 28.9 Å². The predicted octanol–water partition coefficient (Wildman–Crippen LogP) is 1.48. The number of rotatable bonds is 7. The Morgan fingerprint density at radius 2 is 1.95 bits per heavy atom. The molecular weight excluding hydrogens is 294 g/mol. The lowest BCUT2D eigenvalue weighted by molar-refractivity contribution is -0.142. The molecule has 0 heterocycles. The molecule has 0 unspecified atom stereocenters. The van der Waals surface area contributed by atoms with Gasteiger partial charge in [-0.3, -0.25) is 9.11 Å². The van der Waals surface area contributed by atoms with Crippen molar-refractivity contribution in [3.8, 4) is 0 Å². The molecule has 0 radical (unpaired) electrons. The number of aliphatic carboxylic acids is 1. The molecule has 0 fully saturated rings. The molecule has 7 heteroatoms. The molecule has 0 spiro atoms. The second kappa shape index (κ2) is 8.41. The van der Waals surface area contributed by atoms with Gasteiger partial charge in [0.05, 0.1) is 0 Å². The van der Waals surface area contributed by atoms with Gasteiger partial charge in [0.15, 0.2) is 0 Å². The van der Waals surface area contributed by atoms with Crippen molar-refractivity contribution >= 4 is 22.9 Å². The highest BCUT2D eigenvalue weighted by molar-refractivity contribution is 7.84. The first-order valence-electron chi connectivity index (χ1n) is 6.38. The molecule has 0 saturated carbocycles. The van der Waals surface area contributed by atoms with Crippen LogP contribution >= 0.6 is 0 Å². The van der Waals surface area contributed by atoms with Crippen LogP contribution in [-0.2, 0) is 26.9 Å². The summed E-state index contributed by atoms with van der Waals surface area (Å²) in [5.41, 5.74) is 0.820. The van der Waals surface area contributed by atoms with Gasteiger partial charge in [0.2, 0.25) is 0 Å². The van der Waals surface area contributed by atoms with E-state index in [2.05, 4.69) is 0 Å². The number of benzene rings is 1. The first-order chi connectivity index (χ1) is 9.91. The van der Waals surface area contributed by atoms with Crippen molar-refractivity contribution in [1.29, 1.82) is 0 Å². The summed E-state index contributed by atoms with van der Waals surface area (Å²) >= 11 is 0. The highest BCUT2D eigenvalue weighted by atomic mass is 32.2. The van der Waals surface area contributed by atoms with Gasteiger partial charge >= 0.3 is 12.1 Å². The van der Waals surface area contributed by atoms with Gasteiger partial charge in [0.1, 0.15) is 12.6 Å². The van der Waals surface area contributed by atoms with E-state index in [0.29, 0.717) is 0 Å². The smallest absolute Gasteiger partial charge is 0.410 e. The number of carbonyl (C=O) groups is 2. The van der Waals surface area contributed by atoms with Crippen LogP contribution in [0.15, 0.2) is 30.3 Å². The molecule has 0 saturated heterocycles. The normalized spacial score (nSPS) is 13.2. The molecule has 0 aliphatic heterocycles. The summed E-state index contributed by atoms with van der Waals surface area (Å²) in [6.45, 7) is 0.0794. The average molecular weight is 313 g/mol. The molecular formula is C14H19NO5S. The van der Waals surface area contributed by atoms with Crippen molar-refractivity contribution in [1.82, 2.24) is 4.90 Å². The Bertz CT molecular complexity index is 505. The van der Waals surface area contributed by atoms with E-state index in [4.69, 9.17) is 9.84 Å². The number of ether oxygens (including phenoxy) is 1. The molecule has 0 bridgehead atoms. The number of amides is 1. The molecule has 0 aliphatic carbocycles. The third kappa shape index (κ3) is 5.95. The molecule has 116 valence electrons. The maximum absolute atomic E-state index is 11.9. The van der Waals surface area contributed by atoms with E-state index in [-0.39, 0.29) is 18.8 Å². The van der Waals surface area contributed by atoms with Crippen molar-refractivity contribution in [2.24, 2.45) is 0 Å². The van der Waals surface area contributed by atoms with E-state index in [0.717, 1.165) is 10.5 Å². The van der Waals surface area contributed by atoms with E-state index in [1.54, 1.807) is 0 Å². The van der Waals surface area contributed by atoms with Gasteiger partial charge in [-0.1, -0.05) is 30.3 Å². The van der Waals surface area contributed by atoms with Crippen LogP contribution in [0, 0.1) is 0 Å². The molecule has 6 nitrogen and oxygen atoms in total. The third-order valence-electron chi connectivity index (χ3n) is 2.92. The fraction of sp³-hybridized carbons (Fsp3) is 0.429. The second-order valence-corrected chi connectivity index (χ2v) is 6.13. The van der Waals surface area contributed by atoms with Crippen LogP contribution < -0.4 is 0 Å². The summed E-state index contributed by atoms with van der Waals surface area (Å²) in [5, 5.41) is 9.14. The number of carbonyl (C=O) groups excluding carboxylic acids is 1. The Balaban J connectivity index is 2.57. The number of hydrogen-bond acceptors (Lipinski definition) is 4. The Morgan fingerprint density at radius 3 is 2.48 bits per heavy atom. The highest BCUT2D eigenvalue weighted by Gasteiger charge is 2.27. The molecule has 0 aliphatic rings.